The molecule has 5 rings (SSSR count). The molecule has 6 heteroatoms. The Bertz CT molecular complexity index is 1640. The highest BCUT2D eigenvalue weighted by Crippen LogP contribution is 2.31. The SMILES string of the molecule is O=c1oc2ccccc2cc1-c1cccc(N=Cc2cc(Cc3ccccc3Cl)cc(Br)c2O)c1. The Kier molecular flexibility index (Phi) is 6.53. The van der Waals surface area contributed by atoms with E-state index in [1.54, 1.807) is 12.3 Å². The molecule has 0 fully saturated rings. The van der Waals surface area contributed by atoms with Gasteiger partial charge in [-0.2, -0.15) is 0 Å². The van der Waals surface area contributed by atoms with Crippen LogP contribution in [0.25, 0.3) is 22.1 Å². The van der Waals surface area contributed by atoms with Gasteiger partial charge in [0, 0.05) is 22.2 Å². The Balaban J connectivity index is 1.46. The van der Waals surface area contributed by atoms with Gasteiger partial charge in [0.25, 0.3) is 0 Å². The van der Waals surface area contributed by atoms with Crippen LogP contribution < -0.4 is 5.63 Å². The number of para-hydroxylation sites is 1. The number of phenols is 1. The lowest BCUT2D eigenvalue weighted by atomic mass is 10.0. The van der Waals surface area contributed by atoms with Crippen molar-refractivity contribution < 1.29 is 9.52 Å². The molecule has 172 valence electrons. The minimum atomic E-state index is -0.404. The summed E-state index contributed by atoms with van der Waals surface area (Å²) in [6.45, 7) is 0. The quantitative estimate of drug-likeness (QED) is 0.181. The van der Waals surface area contributed by atoms with E-state index in [-0.39, 0.29) is 5.75 Å². The average Bonchev–Trinajstić information content (AvgIpc) is 2.86. The molecule has 0 aliphatic carbocycles. The summed E-state index contributed by atoms with van der Waals surface area (Å²) in [7, 11) is 0. The molecule has 4 nitrogen and oxygen atoms in total. The van der Waals surface area contributed by atoms with Crippen molar-refractivity contribution in [3.8, 4) is 16.9 Å². The number of fused-ring (bicyclic) bond motifs is 1. The van der Waals surface area contributed by atoms with E-state index < -0.39 is 5.63 Å². The first kappa shape index (κ1) is 23.1. The van der Waals surface area contributed by atoms with Gasteiger partial charge in [-0.05, 0) is 81.5 Å². The molecule has 0 atom stereocenters. The molecule has 5 aromatic rings. The minimum Gasteiger partial charge on any atom is -0.506 e. The van der Waals surface area contributed by atoms with Gasteiger partial charge in [-0.15, -0.1) is 0 Å². The van der Waals surface area contributed by atoms with Gasteiger partial charge < -0.3 is 9.52 Å². The van der Waals surface area contributed by atoms with E-state index in [4.69, 9.17) is 16.0 Å². The van der Waals surface area contributed by atoms with Gasteiger partial charge in [0.2, 0.25) is 0 Å². The molecular weight excluding hydrogens is 526 g/mol. The van der Waals surface area contributed by atoms with Crippen LogP contribution >= 0.6 is 27.5 Å². The van der Waals surface area contributed by atoms with Crippen LogP contribution in [0.3, 0.4) is 0 Å². The van der Waals surface area contributed by atoms with Gasteiger partial charge in [0.15, 0.2) is 0 Å². The van der Waals surface area contributed by atoms with E-state index in [0.29, 0.717) is 43.9 Å². The van der Waals surface area contributed by atoms with Gasteiger partial charge in [-0.3, -0.25) is 4.99 Å². The Morgan fingerprint density at radius 3 is 2.60 bits per heavy atom. The van der Waals surface area contributed by atoms with Crippen LogP contribution in [0.5, 0.6) is 5.75 Å². The number of benzene rings is 4. The summed E-state index contributed by atoms with van der Waals surface area (Å²) in [6.07, 6.45) is 2.23. The second kappa shape index (κ2) is 9.90. The van der Waals surface area contributed by atoms with Crippen molar-refractivity contribution in [1.29, 1.82) is 0 Å². The summed E-state index contributed by atoms with van der Waals surface area (Å²) in [5.74, 6) is 0.1000. The molecule has 0 amide bonds. The molecule has 0 radical (unpaired) electrons. The van der Waals surface area contributed by atoms with Crippen LogP contribution in [0.15, 0.2) is 110 Å². The van der Waals surface area contributed by atoms with Crippen LogP contribution in [0.4, 0.5) is 5.69 Å². The molecular formula is C29H19BrClNO3. The van der Waals surface area contributed by atoms with Crippen molar-refractivity contribution in [1.82, 2.24) is 0 Å². The first-order valence-electron chi connectivity index (χ1n) is 10.9. The first-order chi connectivity index (χ1) is 17.0. The molecule has 0 spiro atoms. The monoisotopic (exact) mass is 543 g/mol. The van der Waals surface area contributed by atoms with Gasteiger partial charge in [0.1, 0.15) is 11.3 Å². The largest absolute Gasteiger partial charge is 0.506 e. The predicted molar refractivity (Wildman–Crippen MR) is 145 cm³/mol. The van der Waals surface area contributed by atoms with Gasteiger partial charge >= 0.3 is 5.63 Å². The van der Waals surface area contributed by atoms with Crippen LogP contribution in [-0.4, -0.2) is 11.3 Å². The lowest BCUT2D eigenvalue weighted by Crippen LogP contribution is -2.02. The summed E-state index contributed by atoms with van der Waals surface area (Å²) in [4.78, 5) is 17.1. The van der Waals surface area contributed by atoms with E-state index in [9.17, 15) is 9.90 Å². The summed E-state index contributed by atoms with van der Waals surface area (Å²) in [6, 6.07) is 28.0. The topological polar surface area (TPSA) is 62.8 Å². The number of halogens is 2. The lowest BCUT2D eigenvalue weighted by molar-refractivity contribution is 0.471. The summed E-state index contributed by atoms with van der Waals surface area (Å²) >= 11 is 9.75. The Morgan fingerprint density at radius 1 is 0.943 bits per heavy atom. The standard InChI is InChI=1S/C29H19BrClNO3/c30-25-14-18(12-20-6-1-3-10-26(20)31)13-22(28(25)33)17-32-23-9-5-8-19(15-23)24-16-21-7-2-4-11-27(21)35-29(24)34/h1-11,13-17,33H,12H2. The second-order valence-electron chi connectivity index (χ2n) is 8.08. The molecule has 0 saturated carbocycles. The molecule has 0 aliphatic rings. The zero-order chi connectivity index (χ0) is 24.4. The second-order valence-corrected chi connectivity index (χ2v) is 9.34. The zero-order valence-electron chi connectivity index (χ0n) is 18.4. The van der Waals surface area contributed by atoms with Crippen LogP contribution in [0.1, 0.15) is 16.7 Å². The van der Waals surface area contributed by atoms with E-state index in [1.165, 1.54) is 0 Å². The van der Waals surface area contributed by atoms with Gasteiger partial charge in [-0.1, -0.05) is 60.1 Å². The van der Waals surface area contributed by atoms with E-state index >= 15 is 0 Å². The van der Waals surface area contributed by atoms with Crippen molar-refractivity contribution in [2.24, 2.45) is 4.99 Å². The van der Waals surface area contributed by atoms with E-state index in [0.717, 1.165) is 16.5 Å². The molecule has 1 heterocycles. The number of aliphatic imine (C=N–C) groups is 1. The van der Waals surface area contributed by atoms with Crippen LogP contribution in [-0.2, 0) is 6.42 Å². The van der Waals surface area contributed by atoms with E-state index in [1.807, 2.05) is 84.9 Å². The number of rotatable bonds is 5. The fourth-order valence-corrected chi connectivity index (χ4v) is 4.63. The highest BCUT2D eigenvalue weighted by Gasteiger charge is 2.10. The Labute approximate surface area is 215 Å². The molecule has 0 unspecified atom stereocenters. The third kappa shape index (κ3) is 5.06. The number of hydrogen-bond acceptors (Lipinski definition) is 4. The van der Waals surface area contributed by atoms with Crippen molar-refractivity contribution in [2.45, 2.75) is 6.42 Å². The van der Waals surface area contributed by atoms with E-state index in [2.05, 4.69) is 20.9 Å². The number of hydrogen-bond donors (Lipinski definition) is 1. The van der Waals surface area contributed by atoms with Crippen LogP contribution in [0.2, 0.25) is 5.02 Å². The summed E-state index contributed by atoms with van der Waals surface area (Å²) in [5.41, 5.74) is 4.50. The van der Waals surface area contributed by atoms with Crippen LogP contribution in [0, 0.1) is 0 Å². The molecule has 0 bridgehead atoms. The minimum absolute atomic E-state index is 0.1000. The Morgan fingerprint density at radius 2 is 1.74 bits per heavy atom. The van der Waals surface area contributed by atoms with Crippen molar-refractivity contribution in [3.63, 3.8) is 0 Å². The zero-order valence-corrected chi connectivity index (χ0v) is 20.8. The third-order valence-corrected chi connectivity index (χ3v) is 6.63. The number of phenolic OH excluding ortho intramolecular Hbond substituents is 1. The highest BCUT2D eigenvalue weighted by atomic mass is 79.9. The highest BCUT2D eigenvalue weighted by molar-refractivity contribution is 9.10. The summed E-state index contributed by atoms with van der Waals surface area (Å²) in [5, 5.41) is 12.1. The average molecular weight is 545 g/mol. The predicted octanol–water partition coefficient (Wildman–Crippen LogP) is 7.92. The fourth-order valence-electron chi connectivity index (χ4n) is 3.90. The molecule has 4 aromatic carbocycles. The normalized spacial score (nSPS) is 11.4. The maximum atomic E-state index is 12.6. The molecule has 35 heavy (non-hydrogen) atoms. The van der Waals surface area contributed by atoms with Crippen molar-refractivity contribution >= 4 is 50.4 Å². The number of nitrogens with zero attached hydrogens (tertiary/aromatic N) is 1. The Hall–Kier alpha value is -3.67. The molecule has 1 aromatic heterocycles. The third-order valence-electron chi connectivity index (χ3n) is 5.66. The van der Waals surface area contributed by atoms with Crippen molar-refractivity contribution in [2.75, 3.05) is 0 Å². The molecule has 0 aliphatic heterocycles. The van der Waals surface area contributed by atoms with Gasteiger partial charge in [0.05, 0.1) is 15.7 Å². The maximum Gasteiger partial charge on any atom is 0.344 e. The molecule has 0 saturated heterocycles. The first-order valence-corrected chi connectivity index (χ1v) is 12.1. The number of aromatic hydroxyl groups is 1. The smallest absolute Gasteiger partial charge is 0.344 e. The fraction of sp³-hybridized carbons (Fsp3) is 0.0345. The molecule has 1 N–H and O–H groups in total. The summed E-state index contributed by atoms with van der Waals surface area (Å²) < 4.78 is 6.05. The van der Waals surface area contributed by atoms with Crippen molar-refractivity contribution in [3.05, 3.63) is 128 Å². The maximum absolute atomic E-state index is 12.6. The van der Waals surface area contributed by atoms with Gasteiger partial charge in [-0.25, -0.2) is 4.79 Å². The lowest BCUT2D eigenvalue weighted by Gasteiger charge is -2.09.